The molecule has 7 saturated heterocycles. The highest BCUT2D eigenvalue weighted by molar-refractivity contribution is 5.74. The highest BCUT2D eigenvalue weighted by Gasteiger charge is 2.60. The number of aliphatic hydroxyl groups excluding tert-OH is 23. The quantitative estimate of drug-likeness (QED) is 0.0318. The number of carbonyl (C=O) groups is 4. The Morgan fingerprint density at radius 3 is 1.19 bits per heavy atom. The Labute approximate surface area is 572 Å². The molecular weight excluding hydrogens is 1380 g/mol. The molecule has 101 heavy (non-hydrogen) atoms. The molecule has 39 atom stereocenters. The summed E-state index contributed by atoms with van der Waals surface area (Å²) in [5.74, 6) is -3.63. The topological polar surface area (TPSA) is 711 Å². The smallest absolute Gasteiger partial charge is 0.217 e. The fourth-order valence-electron chi connectivity index (χ4n) is 12.6. The molecule has 586 valence electrons. The molecule has 7 rings (SSSR count). The minimum absolute atomic E-state index is 0.809. The number of aliphatic hydroxyl groups is 23. The lowest BCUT2D eigenvalue weighted by Gasteiger charge is -2.52. The maximum Gasteiger partial charge on any atom is 0.217 e. The van der Waals surface area contributed by atoms with E-state index in [0.717, 1.165) is 27.7 Å². The fraction of sp³-hybridized carbons (Fsp3) is 0.929. The van der Waals surface area contributed by atoms with Gasteiger partial charge in [-0.15, -0.1) is 0 Å². The van der Waals surface area contributed by atoms with Crippen molar-refractivity contribution in [1.29, 1.82) is 0 Å². The summed E-state index contributed by atoms with van der Waals surface area (Å²) < 4.78 is 84.1. The summed E-state index contributed by atoms with van der Waals surface area (Å²) in [6.07, 6.45) is -75.0. The van der Waals surface area contributed by atoms with Crippen molar-refractivity contribution in [3.05, 3.63) is 0 Å². The molecule has 0 aromatic rings. The largest absolute Gasteiger partial charge is 0.394 e. The minimum Gasteiger partial charge on any atom is -0.394 e. The van der Waals surface area contributed by atoms with Gasteiger partial charge in [0.15, 0.2) is 44.0 Å². The molecule has 0 saturated carbocycles. The van der Waals surface area contributed by atoms with Gasteiger partial charge in [0.1, 0.15) is 189 Å². The van der Waals surface area contributed by atoms with E-state index in [-0.39, 0.29) is 0 Å². The molecule has 7 aliphatic rings. The molecule has 0 bridgehead atoms. The van der Waals surface area contributed by atoms with Gasteiger partial charge in [-0.3, -0.25) is 19.2 Å². The number of amides is 4. The highest BCUT2D eigenvalue weighted by Crippen LogP contribution is 2.39. The highest BCUT2D eigenvalue weighted by atomic mass is 16.8. The van der Waals surface area contributed by atoms with E-state index in [9.17, 15) is 137 Å². The zero-order valence-electron chi connectivity index (χ0n) is 54.5. The second-order valence-electron chi connectivity index (χ2n) is 25.1. The summed E-state index contributed by atoms with van der Waals surface area (Å²) in [5.41, 5.74) is 0. The molecule has 27 N–H and O–H groups in total. The van der Waals surface area contributed by atoms with Crippen LogP contribution in [0.1, 0.15) is 27.7 Å². The van der Waals surface area contributed by atoms with Crippen molar-refractivity contribution in [2.75, 3.05) is 59.5 Å². The molecule has 7 heterocycles. The molecule has 7 fully saturated rings. The van der Waals surface area contributed by atoms with Crippen LogP contribution in [0.5, 0.6) is 0 Å². The monoisotopic (exact) mass is 1480 g/mol. The van der Waals surface area contributed by atoms with Crippen LogP contribution in [0.25, 0.3) is 0 Å². The number of rotatable bonds is 30. The molecule has 0 aliphatic carbocycles. The van der Waals surface area contributed by atoms with E-state index in [0.29, 0.717) is 0 Å². The summed E-state index contributed by atoms with van der Waals surface area (Å²) in [7, 11) is 0. The number of hydrogen-bond acceptors (Lipinski definition) is 41. The first kappa shape index (κ1) is 84.7. The predicted octanol–water partition coefficient (Wildman–Crippen LogP) is -18.2. The molecule has 0 spiro atoms. The number of hydrogen-bond donors (Lipinski definition) is 27. The van der Waals surface area contributed by atoms with Gasteiger partial charge in [-0.2, -0.15) is 0 Å². The van der Waals surface area contributed by atoms with Crippen LogP contribution in [0.4, 0.5) is 0 Å². The van der Waals surface area contributed by atoms with Gasteiger partial charge in [0, 0.05) is 27.7 Å². The number of carbonyl (C=O) groups excluding carboxylic acids is 4. The average Bonchev–Trinajstić information content (AvgIpc) is 0.771. The van der Waals surface area contributed by atoms with E-state index in [1.165, 1.54) is 0 Å². The van der Waals surface area contributed by atoms with Crippen LogP contribution >= 0.6 is 0 Å². The Hall–Kier alpha value is -3.60. The second-order valence-corrected chi connectivity index (χ2v) is 25.1. The van der Waals surface area contributed by atoms with Crippen LogP contribution < -0.4 is 21.3 Å². The fourth-order valence-corrected chi connectivity index (χ4v) is 12.6. The minimum atomic E-state index is -2.65. The van der Waals surface area contributed by atoms with Crippen molar-refractivity contribution in [1.82, 2.24) is 21.3 Å². The molecular formula is C56H96N4O41. The Kier molecular flexibility index (Phi) is 31.7. The zero-order valence-corrected chi connectivity index (χ0v) is 54.5. The van der Waals surface area contributed by atoms with Gasteiger partial charge in [-0.05, 0) is 0 Å². The summed E-state index contributed by atoms with van der Waals surface area (Å²) >= 11 is 0. The maximum atomic E-state index is 13.0. The van der Waals surface area contributed by atoms with Gasteiger partial charge in [-0.25, -0.2) is 0 Å². The van der Waals surface area contributed by atoms with Crippen LogP contribution in [0.2, 0.25) is 0 Å². The molecule has 7 aliphatic heterocycles. The Bertz CT molecular complexity index is 2590. The average molecular weight is 1480 g/mol. The third-order valence-corrected chi connectivity index (χ3v) is 17.9. The number of ether oxygens (including phenoxy) is 14. The second kappa shape index (κ2) is 37.8. The van der Waals surface area contributed by atoms with E-state index in [1.54, 1.807) is 0 Å². The molecule has 0 aromatic heterocycles. The van der Waals surface area contributed by atoms with Gasteiger partial charge >= 0.3 is 0 Å². The summed E-state index contributed by atoms with van der Waals surface area (Å²) in [5, 5.41) is 263. The molecule has 0 radical (unpaired) electrons. The SMILES string of the molecule is CC(=O)N[C@H]1[C@H](O[C@@H]([C@H](O)[C@H](CO)NC(C)=O)[C@H](O)CO)O[C@H](CO)[C@@H](O[C@@H]2O[C@H](CO[C@H]3O[C@H](CO)[C@@H](O)[C@H](O[C@H]4O[C@H](CO)[C@@H](O)[C@H](O)[C@@H]4O)[C@@H]3O)[C@@H](O[C@@H]3O[C@H](CO)[C@@H](O)[C@H](O)[C@H]3NC(C)=O)[C@H](O[C@H]3O[C@H](CO)[C@@H](O)[C@H](O)[C@@H]3O[C@@H]3O[C@H](CO)[C@@H](O)[C@H](O)[C@H]3NC(C)=O)[C@@H]2O)[C@@H]1O. The van der Waals surface area contributed by atoms with Gasteiger partial charge in [0.2, 0.25) is 23.6 Å². The Balaban J connectivity index is 1.37. The molecule has 0 aromatic carbocycles. The lowest BCUT2D eigenvalue weighted by atomic mass is 9.93. The molecule has 4 amide bonds. The van der Waals surface area contributed by atoms with Crippen LogP contribution in [-0.2, 0) is 85.5 Å². The van der Waals surface area contributed by atoms with E-state index in [4.69, 9.17) is 66.3 Å². The first-order chi connectivity index (χ1) is 47.7. The van der Waals surface area contributed by atoms with Crippen molar-refractivity contribution < 1.29 is 203 Å². The van der Waals surface area contributed by atoms with Gasteiger partial charge in [0.05, 0.1) is 65.5 Å². The van der Waals surface area contributed by atoms with E-state index in [1.807, 2.05) is 0 Å². The molecule has 0 unspecified atom stereocenters. The number of nitrogens with one attached hydrogen (secondary N) is 4. The van der Waals surface area contributed by atoms with Crippen molar-refractivity contribution in [2.24, 2.45) is 0 Å². The Morgan fingerprint density at radius 1 is 0.337 bits per heavy atom. The van der Waals surface area contributed by atoms with Crippen LogP contribution in [0, 0.1) is 0 Å². The summed E-state index contributed by atoms with van der Waals surface area (Å²) in [6.45, 7) is -6.31. The van der Waals surface area contributed by atoms with Crippen molar-refractivity contribution in [2.45, 2.75) is 267 Å². The summed E-state index contributed by atoms with van der Waals surface area (Å²) in [4.78, 5) is 50.5. The third kappa shape index (κ3) is 19.6. The van der Waals surface area contributed by atoms with Gasteiger partial charge in [0.25, 0.3) is 0 Å². The van der Waals surface area contributed by atoms with E-state index < -0.39 is 322 Å². The van der Waals surface area contributed by atoms with Gasteiger partial charge < -0.3 is 205 Å². The van der Waals surface area contributed by atoms with Crippen LogP contribution in [0.15, 0.2) is 0 Å². The zero-order chi connectivity index (χ0) is 74.9. The van der Waals surface area contributed by atoms with Crippen molar-refractivity contribution in [3.63, 3.8) is 0 Å². The van der Waals surface area contributed by atoms with Gasteiger partial charge in [-0.1, -0.05) is 0 Å². The van der Waals surface area contributed by atoms with E-state index >= 15 is 0 Å². The first-order valence-corrected chi connectivity index (χ1v) is 32.0. The van der Waals surface area contributed by atoms with Crippen LogP contribution in [0.3, 0.4) is 0 Å². The van der Waals surface area contributed by atoms with Crippen LogP contribution in [-0.4, -0.2) is 440 Å². The first-order valence-electron chi connectivity index (χ1n) is 32.0. The lowest BCUT2D eigenvalue weighted by Crippen LogP contribution is -2.71. The maximum absolute atomic E-state index is 13.0. The van der Waals surface area contributed by atoms with E-state index in [2.05, 4.69) is 21.3 Å². The Morgan fingerprint density at radius 2 is 0.713 bits per heavy atom. The standard InChI is InChI=1S/C56H96N4O41/c1-14(69)57-18(5-61)30(74)44(19(73)6-62)96-52-29(60-17(4)72)38(82)45(25(12-68)94-52)97-55-43(87)48(100-56-49(40(84)34(78)23(10-66)93-56)101-51-28(59-16(3)71)37(81)32(76)21(8-64)90-51)46(98-50-27(58-15(2)70)36(80)31(75)20(7-63)89-50)26(95-55)13-88-53-42(86)47(35(79)24(11-67)91-53)99-54-41(85)39(83)33(77)22(9-65)92-54/h18-56,61-68,73-87H,5-13H2,1-4H3,(H,57,69)(H,58,70)(H,59,71)(H,60,72)/t18-,19+,20+,21+,22+,23+,24+,25+,26+,27+,28+,29+,30+,31+,32+,33+,34+,35+,36+,37+,38+,39-,40-,41-,42-,43-,44+,45+,46+,47-,48+,49-,50-,51-,52-,53-,54+,55-,56+/m0/s1. The summed E-state index contributed by atoms with van der Waals surface area (Å²) in [6, 6.07) is -7.40. The van der Waals surface area contributed by atoms with Crippen molar-refractivity contribution in [3.8, 4) is 0 Å². The normalized spacial score (nSPS) is 45.0. The third-order valence-electron chi connectivity index (χ3n) is 17.9. The predicted molar refractivity (Wildman–Crippen MR) is 313 cm³/mol. The molecule has 45 nitrogen and oxygen atoms in total. The molecule has 45 heteroatoms. The lowest BCUT2D eigenvalue weighted by molar-refractivity contribution is -0.406. The van der Waals surface area contributed by atoms with Crippen molar-refractivity contribution >= 4 is 23.6 Å².